The van der Waals surface area contributed by atoms with Crippen LogP contribution in [-0.2, 0) is 13.1 Å². The zero-order valence-corrected chi connectivity index (χ0v) is 22.3. The number of amides is 4. The Hall–Kier alpha value is -3.04. The number of hydrogen-bond donors (Lipinski definition) is 2. The van der Waals surface area contributed by atoms with E-state index in [4.69, 9.17) is 23.2 Å². The van der Waals surface area contributed by atoms with Crippen LogP contribution >= 0.6 is 45.9 Å². The summed E-state index contributed by atoms with van der Waals surface area (Å²) in [6.07, 6.45) is 0. The van der Waals surface area contributed by atoms with E-state index in [0.717, 1.165) is 9.75 Å². The average molecular weight is 560 g/mol. The molecule has 0 radical (unpaired) electrons. The molecule has 2 aromatic carbocycles. The molecule has 6 nitrogen and oxygen atoms in total. The molecule has 0 atom stereocenters. The van der Waals surface area contributed by atoms with Crippen LogP contribution in [0.3, 0.4) is 0 Å². The zero-order valence-electron chi connectivity index (χ0n) is 19.2. The van der Waals surface area contributed by atoms with Crippen molar-refractivity contribution in [3.63, 3.8) is 0 Å². The first-order valence-corrected chi connectivity index (χ1v) is 13.7. The number of anilines is 2. The number of urea groups is 2. The standard InChI is InChI=1S/C26H24Cl2N4O2S2/c27-19-5-9-21(10-6-19)29-25(33)31(17-23-3-1-15-35-23)13-14-32(18-24-4-2-16-36-24)26(34)30-22-11-7-20(28)8-12-22/h1-12,15-16H,13-14,17-18H2,(H,29,33)(H,30,34). The van der Waals surface area contributed by atoms with Crippen LogP contribution in [0, 0.1) is 0 Å². The van der Waals surface area contributed by atoms with E-state index >= 15 is 0 Å². The molecule has 2 aromatic heterocycles. The van der Waals surface area contributed by atoms with Crippen molar-refractivity contribution in [3.05, 3.63) is 103 Å². The first-order chi connectivity index (χ1) is 17.5. The van der Waals surface area contributed by atoms with Gasteiger partial charge in [0, 0.05) is 44.3 Å². The van der Waals surface area contributed by atoms with Gasteiger partial charge in [-0.05, 0) is 71.4 Å². The highest BCUT2D eigenvalue weighted by molar-refractivity contribution is 7.10. The van der Waals surface area contributed by atoms with Crippen molar-refractivity contribution in [1.29, 1.82) is 0 Å². The molecule has 0 bridgehead atoms. The molecule has 0 spiro atoms. The number of benzene rings is 2. The smallest absolute Gasteiger partial charge is 0.318 e. The summed E-state index contributed by atoms with van der Waals surface area (Å²) in [4.78, 5) is 31.9. The third kappa shape index (κ3) is 7.73. The second-order valence-electron chi connectivity index (χ2n) is 7.88. The van der Waals surface area contributed by atoms with Crippen LogP contribution in [0.1, 0.15) is 9.75 Å². The van der Waals surface area contributed by atoms with E-state index in [1.54, 1.807) is 81.0 Å². The lowest BCUT2D eigenvalue weighted by molar-refractivity contribution is 0.186. The largest absolute Gasteiger partial charge is 0.322 e. The minimum absolute atomic E-state index is 0.250. The molecule has 4 aromatic rings. The molecule has 0 saturated heterocycles. The molecule has 2 N–H and O–H groups in total. The molecular formula is C26H24Cl2N4O2S2. The number of nitrogens with zero attached hydrogens (tertiary/aromatic N) is 2. The molecule has 0 fully saturated rings. The van der Waals surface area contributed by atoms with Gasteiger partial charge in [0.15, 0.2) is 0 Å². The third-order valence-electron chi connectivity index (χ3n) is 5.26. The SMILES string of the molecule is O=C(Nc1ccc(Cl)cc1)N(CCN(Cc1cccs1)C(=O)Nc1ccc(Cl)cc1)Cc1cccs1. The van der Waals surface area contributed by atoms with Crippen LogP contribution in [0.4, 0.5) is 21.0 Å². The lowest BCUT2D eigenvalue weighted by Crippen LogP contribution is -2.43. The Morgan fingerprint density at radius 2 is 1.03 bits per heavy atom. The Kier molecular flexibility index (Phi) is 9.24. The number of carbonyl (C=O) groups is 2. The highest BCUT2D eigenvalue weighted by Gasteiger charge is 2.20. The Morgan fingerprint density at radius 1 is 0.639 bits per heavy atom. The van der Waals surface area contributed by atoms with Crippen molar-refractivity contribution >= 4 is 69.3 Å². The third-order valence-corrected chi connectivity index (χ3v) is 7.49. The molecule has 4 amide bonds. The van der Waals surface area contributed by atoms with Crippen LogP contribution in [0.25, 0.3) is 0 Å². The fraction of sp³-hybridized carbons (Fsp3) is 0.154. The molecule has 0 unspecified atom stereocenters. The summed E-state index contributed by atoms with van der Waals surface area (Å²) < 4.78 is 0. The van der Waals surface area contributed by atoms with Crippen molar-refractivity contribution in [2.24, 2.45) is 0 Å². The fourth-order valence-corrected chi connectivity index (χ4v) is 5.09. The molecule has 186 valence electrons. The van der Waals surface area contributed by atoms with Gasteiger partial charge in [-0.25, -0.2) is 9.59 Å². The molecule has 0 aliphatic rings. The van der Waals surface area contributed by atoms with Crippen molar-refractivity contribution in [2.75, 3.05) is 23.7 Å². The van der Waals surface area contributed by atoms with E-state index in [0.29, 0.717) is 47.6 Å². The fourth-order valence-electron chi connectivity index (χ4n) is 3.40. The van der Waals surface area contributed by atoms with Crippen molar-refractivity contribution in [1.82, 2.24) is 9.80 Å². The van der Waals surface area contributed by atoms with Gasteiger partial charge in [-0.1, -0.05) is 35.3 Å². The average Bonchev–Trinajstić information content (AvgIpc) is 3.58. The van der Waals surface area contributed by atoms with Crippen molar-refractivity contribution in [3.8, 4) is 0 Å². The van der Waals surface area contributed by atoms with Gasteiger partial charge >= 0.3 is 12.1 Å². The monoisotopic (exact) mass is 558 g/mol. The zero-order chi connectivity index (χ0) is 25.3. The molecule has 0 aliphatic heterocycles. The molecule has 0 aliphatic carbocycles. The predicted molar refractivity (Wildman–Crippen MR) is 150 cm³/mol. The molecule has 36 heavy (non-hydrogen) atoms. The number of hydrogen-bond acceptors (Lipinski definition) is 4. The molecule has 4 rings (SSSR count). The highest BCUT2D eigenvalue weighted by atomic mass is 35.5. The van der Waals surface area contributed by atoms with E-state index in [1.807, 2.05) is 35.0 Å². The Morgan fingerprint density at radius 3 is 1.36 bits per heavy atom. The molecule has 2 heterocycles. The van der Waals surface area contributed by atoms with Crippen LogP contribution < -0.4 is 10.6 Å². The number of thiophene rings is 2. The van der Waals surface area contributed by atoms with Gasteiger partial charge in [-0.3, -0.25) is 0 Å². The second kappa shape index (κ2) is 12.8. The normalized spacial score (nSPS) is 10.6. The topological polar surface area (TPSA) is 64.7 Å². The predicted octanol–water partition coefficient (Wildman–Crippen LogP) is 7.88. The summed E-state index contributed by atoms with van der Waals surface area (Å²) >= 11 is 15.1. The van der Waals surface area contributed by atoms with Gasteiger partial charge in [0.05, 0.1) is 13.1 Å². The molecular weight excluding hydrogens is 535 g/mol. The Labute approximate surface area is 228 Å². The van der Waals surface area contributed by atoms with Crippen LogP contribution in [-0.4, -0.2) is 35.0 Å². The lowest BCUT2D eigenvalue weighted by atomic mass is 10.3. The first kappa shape index (κ1) is 26.0. The van der Waals surface area contributed by atoms with Gasteiger partial charge in [-0.15, -0.1) is 22.7 Å². The maximum atomic E-state index is 13.2. The maximum absolute atomic E-state index is 13.2. The second-order valence-corrected chi connectivity index (χ2v) is 10.8. The van der Waals surface area contributed by atoms with E-state index in [-0.39, 0.29) is 12.1 Å². The van der Waals surface area contributed by atoms with Gasteiger partial charge < -0.3 is 20.4 Å². The summed E-state index contributed by atoms with van der Waals surface area (Å²) in [6.45, 7) is 1.55. The first-order valence-electron chi connectivity index (χ1n) is 11.1. The summed E-state index contributed by atoms with van der Waals surface area (Å²) in [5.74, 6) is 0. The Bertz CT molecular complexity index is 1150. The summed E-state index contributed by atoms with van der Waals surface area (Å²) in [5.41, 5.74) is 1.30. The van der Waals surface area contributed by atoms with Gasteiger partial charge in [0.25, 0.3) is 0 Å². The summed E-state index contributed by atoms with van der Waals surface area (Å²) in [5, 5.41) is 11.0. The van der Waals surface area contributed by atoms with E-state index in [9.17, 15) is 9.59 Å². The minimum Gasteiger partial charge on any atom is -0.318 e. The van der Waals surface area contributed by atoms with Crippen LogP contribution in [0.15, 0.2) is 83.6 Å². The Balaban J connectivity index is 1.47. The lowest BCUT2D eigenvalue weighted by Gasteiger charge is -2.28. The summed E-state index contributed by atoms with van der Waals surface area (Å²) in [7, 11) is 0. The van der Waals surface area contributed by atoms with Crippen molar-refractivity contribution < 1.29 is 9.59 Å². The summed E-state index contributed by atoms with van der Waals surface area (Å²) in [6, 6.07) is 21.3. The molecule has 0 saturated carbocycles. The quantitative estimate of drug-likeness (QED) is 0.219. The van der Waals surface area contributed by atoms with Gasteiger partial charge in [0.1, 0.15) is 0 Å². The van der Waals surface area contributed by atoms with Crippen molar-refractivity contribution in [2.45, 2.75) is 13.1 Å². The molecule has 10 heteroatoms. The van der Waals surface area contributed by atoms with E-state index in [1.165, 1.54) is 0 Å². The highest BCUT2D eigenvalue weighted by Crippen LogP contribution is 2.19. The number of nitrogens with one attached hydrogen (secondary N) is 2. The van der Waals surface area contributed by atoms with Gasteiger partial charge in [0.2, 0.25) is 0 Å². The van der Waals surface area contributed by atoms with Gasteiger partial charge in [-0.2, -0.15) is 0 Å². The number of halogens is 2. The number of carbonyl (C=O) groups excluding carboxylic acids is 2. The maximum Gasteiger partial charge on any atom is 0.322 e. The van der Waals surface area contributed by atoms with Crippen LogP contribution in [0.5, 0.6) is 0 Å². The minimum atomic E-state index is -0.250. The number of rotatable bonds is 9. The van der Waals surface area contributed by atoms with Crippen LogP contribution in [0.2, 0.25) is 10.0 Å². The van der Waals surface area contributed by atoms with E-state index < -0.39 is 0 Å². The van der Waals surface area contributed by atoms with E-state index in [2.05, 4.69) is 10.6 Å².